The Morgan fingerprint density at radius 1 is 1.19 bits per heavy atom. The van der Waals surface area contributed by atoms with Crippen molar-refractivity contribution in [1.29, 1.82) is 0 Å². The average molecular weight is 407 g/mol. The minimum absolute atomic E-state index is 0.130. The normalized spacial score (nSPS) is 14.3. The molecule has 0 spiro atoms. The van der Waals surface area contributed by atoms with Crippen molar-refractivity contribution in [2.75, 3.05) is 17.3 Å². The molecule has 3 amide bonds. The molecule has 0 unspecified atom stereocenters. The summed E-state index contributed by atoms with van der Waals surface area (Å²) in [7, 11) is 0. The summed E-state index contributed by atoms with van der Waals surface area (Å²) in [5, 5.41) is 2.49. The van der Waals surface area contributed by atoms with Crippen LogP contribution in [0.25, 0.3) is 0 Å². The third-order valence-corrected chi connectivity index (χ3v) is 5.16. The molecule has 27 heavy (non-hydrogen) atoms. The van der Waals surface area contributed by atoms with Crippen LogP contribution in [0.3, 0.4) is 0 Å². The van der Waals surface area contributed by atoms with Gasteiger partial charge in [0.05, 0.1) is 16.1 Å². The summed E-state index contributed by atoms with van der Waals surface area (Å²) in [6.07, 6.45) is 2.17. The fourth-order valence-electron chi connectivity index (χ4n) is 2.90. The zero-order valence-corrected chi connectivity index (χ0v) is 15.9. The van der Waals surface area contributed by atoms with E-state index in [1.54, 1.807) is 24.3 Å². The van der Waals surface area contributed by atoms with Crippen molar-refractivity contribution in [2.24, 2.45) is 0 Å². The first-order chi connectivity index (χ1) is 12.9. The van der Waals surface area contributed by atoms with Crippen molar-refractivity contribution in [1.82, 2.24) is 4.90 Å². The van der Waals surface area contributed by atoms with Gasteiger partial charge in [-0.15, -0.1) is 0 Å². The van der Waals surface area contributed by atoms with Gasteiger partial charge in [-0.05, 0) is 48.8 Å². The summed E-state index contributed by atoms with van der Waals surface area (Å²) in [5.74, 6) is -1.53. The van der Waals surface area contributed by atoms with Crippen molar-refractivity contribution < 1.29 is 18.8 Å². The van der Waals surface area contributed by atoms with Gasteiger partial charge in [-0.2, -0.15) is 11.8 Å². The van der Waals surface area contributed by atoms with Crippen LogP contribution < -0.4 is 5.32 Å². The standard InChI is InChI=1S/C19H16ClFN2O3S/c1-27-9-8-16(17(24)22-11-6-7-15(21)14(20)10-11)23-18(25)12-4-2-3-5-13(12)19(23)26/h2-7,10,16H,8-9H2,1H3,(H,22,24)/t16-/m1/s1. The second-order valence-electron chi connectivity index (χ2n) is 5.94. The number of carbonyl (C=O) groups excluding carboxylic acids is 3. The van der Waals surface area contributed by atoms with E-state index in [0.29, 0.717) is 12.2 Å². The van der Waals surface area contributed by atoms with Crippen LogP contribution in [0.2, 0.25) is 5.02 Å². The molecular weight excluding hydrogens is 391 g/mol. The molecule has 140 valence electrons. The van der Waals surface area contributed by atoms with Crippen LogP contribution in [-0.2, 0) is 4.79 Å². The van der Waals surface area contributed by atoms with Crippen molar-refractivity contribution in [3.63, 3.8) is 0 Å². The molecule has 0 aromatic heterocycles. The van der Waals surface area contributed by atoms with Crippen LogP contribution in [0.1, 0.15) is 27.1 Å². The lowest BCUT2D eigenvalue weighted by atomic mass is 10.1. The lowest BCUT2D eigenvalue weighted by Gasteiger charge is -2.25. The van der Waals surface area contributed by atoms with Gasteiger partial charge < -0.3 is 5.32 Å². The van der Waals surface area contributed by atoms with Gasteiger partial charge in [0.1, 0.15) is 11.9 Å². The van der Waals surface area contributed by atoms with Gasteiger partial charge >= 0.3 is 0 Å². The number of carbonyl (C=O) groups is 3. The quantitative estimate of drug-likeness (QED) is 0.740. The van der Waals surface area contributed by atoms with Crippen molar-refractivity contribution in [3.05, 3.63) is 64.4 Å². The number of hydrogen-bond acceptors (Lipinski definition) is 4. The van der Waals surface area contributed by atoms with E-state index in [1.165, 1.54) is 23.9 Å². The Bertz CT molecular complexity index is 887. The van der Waals surface area contributed by atoms with Gasteiger partial charge in [-0.1, -0.05) is 23.7 Å². The summed E-state index contributed by atoms with van der Waals surface area (Å²) >= 11 is 7.25. The van der Waals surface area contributed by atoms with Crippen molar-refractivity contribution in [3.8, 4) is 0 Å². The van der Waals surface area contributed by atoms with Gasteiger partial charge in [0.2, 0.25) is 5.91 Å². The highest BCUT2D eigenvalue weighted by atomic mass is 35.5. The van der Waals surface area contributed by atoms with E-state index in [-0.39, 0.29) is 21.8 Å². The number of imide groups is 1. The Morgan fingerprint density at radius 2 is 1.81 bits per heavy atom. The maximum atomic E-state index is 13.3. The van der Waals surface area contributed by atoms with E-state index in [4.69, 9.17) is 11.6 Å². The van der Waals surface area contributed by atoms with Crippen LogP contribution in [0, 0.1) is 5.82 Å². The number of hydrogen-bond donors (Lipinski definition) is 1. The molecule has 2 aromatic carbocycles. The Morgan fingerprint density at radius 3 is 2.37 bits per heavy atom. The van der Waals surface area contributed by atoms with Crippen LogP contribution in [-0.4, -0.2) is 40.7 Å². The lowest BCUT2D eigenvalue weighted by Crippen LogP contribution is -2.47. The summed E-state index contributed by atoms with van der Waals surface area (Å²) in [5.41, 5.74) is 0.862. The molecular formula is C19H16ClFN2O3S. The Labute approximate surface area is 164 Å². The Kier molecular flexibility index (Phi) is 5.82. The SMILES string of the molecule is CSCC[C@H](C(=O)Nc1ccc(F)c(Cl)c1)N1C(=O)c2ccccc2C1=O. The number of amides is 3. The number of nitrogens with zero attached hydrogens (tertiary/aromatic N) is 1. The predicted octanol–water partition coefficient (Wildman–Crippen LogP) is 3.84. The molecule has 0 saturated carbocycles. The van der Waals surface area contributed by atoms with Gasteiger partial charge in [0.15, 0.2) is 0 Å². The molecule has 5 nitrogen and oxygen atoms in total. The molecule has 1 aliphatic heterocycles. The molecule has 0 aliphatic carbocycles. The van der Waals surface area contributed by atoms with E-state index < -0.39 is 29.6 Å². The fraction of sp³-hybridized carbons (Fsp3) is 0.211. The zero-order valence-electron chi connectivity index (χ0n) is 14.4. The summed E-state index contributed by atoms with van der Waals surface area (Å²) in [6.45, 7) is 0. The number of benzene rings is 2. The monoisotopic (exact) mass is 406 g/mol. The molecule has 1 aliphatic rings. The topological polar surface area (TPSA) is 66.5 Å². The molecule has 1 atom stereocenters. The van der Waals surface area contributed by atoms with Gasteiger partial charge in [-0.3, -0.25) is 19.3 Å². The molecule has 0 radical (unpaired) electrons. The number of nitrogens with one attached hydrogen (secondary N) is 1. The van der Waals surface area contributed by atoms with Gasteiger partial charge in [0, 0.05) is 5.69 Å². The fourth-order valence-corrected chi connectivity index (χ4v) is 3.54. The first kappa shape index (κ1) is 19.4. The molecule has 0 saturated heterocycles. The van der Waals surface area contributed by atoms with Crippen LogP contribution in [0.5, 0.6) is 0 Å². The smallest absolute Gasteiger partial charge is 0.262 e. The van der Waals surface area contributed by atoms with Crippen LogP contribution in [0.15, 0.2) is 42.5 Å². The first-order valence-electron chi connectivity index (χ1n) is 8.15. The third-order valence-electron chi connectivity index (χ3n) is 4.22. The van der Waals surface area contributed by atoms with E-state index in [9.17, 15) is 18.8 Å². The number of halogens is 2. The highest BCUT2D eigenvalue weighted by Gasteiger charge is 2.42. The van der Waals surface area contributed by atoms with Crippen molar-refractivity contribution >= 4 is 46.8 Å². The third kappa shape index (κ3) is 3.84. The number of thioether (sulfide) groups is 1. The molecule has 1 heterocycles. The first-order valence-corrected chi connectivity index (χ1v) is 9.93. The Hall–Kier alpha value is -2.38. The van der Waals surface area contributed by atoms with Crippen molar-refractivity contribution in [2.45, 2.75) is 12.5 Å². The summed E-state index contributed by atoms with van der Waals surface area (Å²) < 4.78 is 13.3. The zero-order chi connectivity index (χ0) is 19.6. The Balaban J connectivity index is 1.87. The van der Waals surface area contributed by atoms with E-state index in [0.717, 1.165) is 11.0 Å². The predicted molar refractivity (Wildman–Crippen MR) is 104 cm³/mol. The average Bonchev–Trinajstić information content (AvgIpc) is 2.90. The molecule has 1 N–H and O–H groups in total. The highest BCUT2D eigenvalue weighted by Crippen LogP contribution is 2.27. The van der Waals surface area contributed by atoms with E-state index >= 15 is 0 Å². The maximum Gasteiger partial charge on any atom is 0.262 e. The maximum absolute atomic E-state index is 13.3. The second-order valence-corrected chi connectivity index (χ2v) is 7.33. The van der Waals surface area contributed by atoms with E-state index in [2.05, 4.69) is 5.32 Å². The minimum atomic E-state index is -0.978. The van der Waals surface area contributed by atoms with Gasteiger partial charge in [0.25, 0.3) is 11.8 Å². The molecule has 0 bridgehead atoms. The molecule has 8 heteroatoms. The largest absolute Gasteiger partial charge is 0.324 e. The molecule has 2 aromatic rings. The van der Waals surface area contributed by atoms with Crippen LogP contribution >= 0.6 is 23.4 Å². The summed E-state index contributed by atoms with van der Waals surface area (Å²) in [4.78, 5) is 39.3. The number of anilines is 1. The highest BCUT2D eigenvalue weighted by molar-refractivity contribution is 7.98. The minimum Gasteiger partial charge on any atom is -0.324 e. The molecule has 0 fully saturated rings. The number of fused-ring (bicyclic) bond motifs is 1. The van der Waals surface area contributed by atoms with E-state index in [1.807, 2.05) is 6.26 Å². The number of rotatable bonds is 6. The van der Waals surface area contributed by atoms with Gasteiger partial charge in [-0.25, -0.2) is 4.39 Å². The second kappa shape index (κ2) is 8.10. The summed E-state index contributed by atoms with van der Waals surface area (Å²) in [6, 6.07) is 9.29. The van der Waals surface area contributed by atoms with Crippen LogP contribution in [0.4, 0.5) is 10.1 Å². The lowest BCUT2D eigenvalue weighted by molar-refractivity contribution is -0.120. The molecule has 3 rings (SSSR count).